The lowest BCUT2D eigenvalue weighted by Gasteiger charge is -2.12. The molecule has 0 aromatic rings. The summed E-state index contributed by atoms with van der Waals surface area (Å²) in [6, 6.07) is 0. The van der Waals surface area contributed by atoms with E-state index in [-0.39, 0.29) is 6.42 Å². The Balaban J connectivity index is 0. The fourth-order valence-electron chi connectivity index (χ4n) is 1.17. The Kier molecular flexibility index (Phi) is 10.7. The van der Waals surface area contributed by atoms with Crippen LogP contribution in [0.25, 0.3) is 0 Å². The molecule has 0 aliphatic rings. The van der Waals surface area contributed by atoms with E-state index in [1.54, 1.807) is 0 Å². The van der Waals surface area contributed by atoms with Gasteiger partial charge in [0.15, 0.2) is 0 Å². The number of rotatable bonds is 6. The van der Waals surface area contributed by atoms with Crippen molar-refractivity contribution in [2.24, 2.45) is 5.92 Å². The van der Waals surface area contributed by atoms with Crippen molar-refractivity contribution in [1.29, 1.82) is 0 Å². The minimum absolute atomic E-state index is 0.201. The predicted molar refractivity (Wildman–Crippen MR) is 67.5 cm³/mol. The molecule has 0 aromatic heterocycles. The first-order valence-corrected chi connectivity index (χ1v) is 6.13. The van der Waals surface area contributed by atoms with E-state index in [0.29, 0.717) is 0 Å². The summed E-state index contributed by atoms with van der Waals surface area (Å²) in [4.78, 5) is 9.85. The Morgan fingerprint density at radius 3 is 1.94 bits per heavy atom. The van der Waals surface area contributed by atoms with Crippen LogP contribution in [0.15, 0.2) is 0 Å². The summed E-state index contributed by atoms with van der Waals surface area (Å²) in [6.07, 6.45) is 5.40. The van der Waals surface area contributed by atoms with Gasteiger partial charge in [-0.05, 0) is 19.8 Å². The molecule has 0 spiro atoms. The van der Waals surface area contributed by atoms with Gasteiger partial charge in [-0.15, -0.1) is 0 Å². The molecule has 3 heteroatoms. The third kappa shape index (κ3) is 23.3. The molecule has 0 rings (SSSR count). The minimum Gasteiger partial charge on any atom is -0.481 e. The highest BCUT2D eigenvalue weighted by molar-refractivity contribution is 5.67. The van der Waals surface area contributed by atoms with Gasteiger partial charge in [0.1, 0.15) is 0 Å². The Bertz CT molecular complexity index is 169. The van der Waals surface area contributed by atoms with Gasteiger partial charge in [-0.25, -0.2) is 0 Å². The maximum absolute atomic E-state index is 9.85. The molecular weight excluding hydrogens is 204 g/mol. The van der Waals surface area contributed by atoms with Gasteiger partial charge in [-0.1, -0.05) is 46.5 Å². The van der Waals surface area contributed by atoms with Gasteiger partial charge in [0.05, 0.1) is 12.0 Å². The van der Waals surface area contributed by atoms with Gasteiger partial charge in [0.2, 0.25) is 0 Å². The summed E-state index contributed by atoms with van der Waals surface area (Å²) in [5.74, 6) is -0.0703. The molecule has 0 atom stereocenters. The van der Waals surface area contributed by atoms with Crippen LogP contribution < -0.4 is 0 Å². The van der Waals surface area contributed by atoms with Gasteiger partial charge >= 0.3 is 5.97 Å². The SMILES string of the molecule is CC(C)(O)CC(=O)O.CCCCCC(C)C. The van der Waals surface area contributed by atoms with Crippen molar-refractivity contribution < 1.29 is 15.0 Å². The number of hydrogen-bond donors (Lipinski definition) is 2. The minimum atomic E-state index is -1.08. The lowest BCUT2D eigenvalue weighted by molar-refractivity contribution is -0.141. The lowest BCUT2D eigenvalue weighted by atomic mass is 10.1. The third-order valence-electron chi connectivity index (χ3n) is 1.97. The molecule has 0 radical (unpaired) electrons. The standard InChI is InChI=1S/C8H18.C5H10O3/c1-4-5-6-7-8(2)3;1-5(2,8)3-4(6)7/h8H,4-7H2,1-3H3;8H,3H2,1-2H3,(H,6,7). The van der Waals surface area contributed by atoms with Crippen LogP contribution in [0.1, 0.15) is 66.7 Å². The third-order valence-corrected chi connectivity index (χ3v) is 1.97. The molecule has 0 saturated carbocycles. The molecule has 2 N–H and O–H groups in total. The highest BCUT2D eigenvalue weighted by atomic mass is 16.4. The smallest absolute Gasteiger partial charge is 0.306 e. The summed E-state index contributed by atoms with van der Waals surface area (Å²) >= 11 is 0. The second-order valence-electron chi connectivity index (χ2n) is 5.27. The number of aliphatic carboxylic acids is 1. The van der Waals surface area contributed by atoms with Crippen LogP contribution in [0.5, 0.6) is 0 Å². The van der Waals surface area contributed by atoms with Crippen molar-refractivity contribution in [3.8, 4) is 0 Å². The average Bonchev–Trinajstić information content (AvgIpc) is 2.00. The molecule has 0 unspecified atom stereocenters. The topological polar surface area (TPSA) is 57.5 Å². The molecule has 98 valence electrons. The predicted octanol–water partition coefficient (Wildman–Crippen LogP) is 3.45. The van der Waals surface area contributed by atoms with Crippen molar-refractivity contribution in [1.82, 2.24) is 0 Å². The zero-order valence-corrected chi connectivity index (χ0v) is 11.4. The molecule has 0 heterocycles. The lowest BCUT2D eigenvalue weighted by Crippen LogP contribution is -2.22. The molecule has 0 aliphatic carbocycles. The van der Waals surface area contributed by atoms with Gasteiger partial charge in [-0.3, -0.25) is 4.79 Å². The molecule has 3 nitrogen and oxygen atoms in total. The normalized spacial score (nSPS) is 10.9. The van der Waals surface area contributed by atoms with Gasteiger partial charge in [0, 0.05) is 0 Å². The van der Waals surface area contributed by atoms with Crippen LogP contribution in [0, 0.1) is 5.92 Å². The number of carboxylic acids is 1. The Labute approximate surface area is 99.9 Å². The second kappa shape index (κ2) is 9.64. The van der Waals surface area contributed by atoms with Crippen LogP contribution in [-0.4, -0.2) is 21.8 Å². The zero-order chi connectivity index (χ0) is 13.2. The van der Waals surface area contributed by atoms with E-state index in [0.717, 1.165) is 5.92 Å². The summed E-state index contributed by atoms with van der Waals surface area (Å²) < 4.78 is 0. The number of carbonyl (C=O) groups is 1. The fourth-order valence-corrected chi connectivity index (χ4v) is 1.17. The van der Waals surface area contributed by atoms with Gasteiger partial charge in [0.25, 0.3) is 0 Å². The summed E-state index contributed by atoms with van der Waals surface area (Å²) in [5, 5.41) is 16.9. The molecule has 0 aliphatic heterocycles. The van der Waals surface area contributed by atoms with Crippen LogP contribution >= 0.6 is 0 Å². The number of carboxylic acid groups (broad SMARTS) is 1. The molecule has 0 bridgehead atoms. The number of unbranched alkanes of at least 4 members (excludes halogenated alkanes) is 2. The fraction of sp³-hybridized carbons (Fsp3) is 0.923. The summed E-state index contributed by atoms with van der Waals surface area (Å²) in [6.45, 7) is 9.74. The van der Waals surface area contributed by atoms with Gasteiger partial charge < -0.3 is 10.2 Å². The Morgan fingerprint density at radius 2 is 1.75 bits per heavy atom. The summed E-state index contributed by atoms with van der Waals surface area (Å²) in [5.41, 5.74) is -1.08. The maximum atomic E-state index is 9.85. The van der Waals surface area contributed by atoms with Crippen molar-refractivity contribution in [2.75, 3.05) is 0 Å². The van der Waals surface area contributed by atoms with Crippen LogP contribution in [-0.2, 0) is 4.79 Å². The molecular formula is C13H28O3. The van der Waals surface area contributed by atoms with Gasteiger partial charge in [-0.2, -0.15) is 0 Å². The highest BCUT2D eigenvalue weighted by Gasteiger charge is 2.16. The van der Waals surface area contributed by atoms with Crippen molar-refractivity contribution >= 4 is 5.97 Å². The monoisotopic (exact) mass is 232 g/mol. The van der Waals surface area contributed by atoms with Crippen LogP contribution in [0.2, 0.25) is 0 Å². The quantitative estimate of drug-likeness (QED) is 0.689. The maximum Gasteiger partial charge on any atom is 0.306 e. The van der Waals surface area contributed by atoms with E-state index in [4.69, 9.17) is 10.2 Å². The van der Waals surface area contributed by atoms with E-state index < -0.39 is 11.6 Å². The Morgan fingerprint density at radius 1 is 1.25 bits per heavy atom. The largest absolute Gasteiger partial charge is 0.481 e. The van der Waals surface area contributed by atoms with E-state index >= 15 is 0 Å². The highest BCUT2D eigenvalue weighted by Crippen LogP contribution is 2.07. The second-order valence-corrected chi connectivity index (χ2v) is 5.27. The first-order valence-electron chi connectivity index (χ1n) is 6.13. The molecule has 0 fully saturated rings. The molecule has 0 saturated heterocycles. The van der Waals surface area contributed by atoms with E-state index in [1.165, 1.54) is 39.5 Å². The van der Waals surface area contributed by atoms with Crippen molar-refractivity contribution in [2.45, 2.75) is 72.3 Å². The molecule has 0 amide bonds. The van der Waals surface area contributed by atoms with E-state index in [9.17, 15) is 4.79 Å². The van der Waals surface area contributed by atoms with Crippen LogP contribution in [0.4, 0.5) is 0 Å². The molecule has 16 heavy (non-hydrogen) atoms. The molecule has 0 aromatic carbocycles. The number of aliphatic hydroxyl groups is 1. The van der Waals surface area contributed by atoms with E-state index in [2.05, 4.69) is 20.8 Å². The Hall–Kier alpha value is -0.570. The van der Waals surface area contributed by atoms with Crippen molar-refractivity contribution in [3.63, 3.8) is 0 Å². The first kappa shape index (κ1) is 17.8. The van der Waals surface area contributed by atoms with Crippen LogP contribution in [0.3, 0.4) is 0 Å². The first-order chi connectivity index (χ1) is 7.19. The van der Waals surface area contributed by atoms with E-state index in [1.807, 2.05) is 0 Å². The summed E-state index contributed by atoms with van der Waals surface area (Å²) in [7, 11) is 0. The zero-order valence-electron chi connectivity index (χ0n) is 11.4. The average molecular weight is 232 g/mol. The van der Waals surface area contributed by atoms with Crippen molar-refractivity contribution in [3.05, 3.63) is 0 Å². The number of hydrogen-bond acceptors (Lipinski definition) is 2.